The summed E-state index contributed by atoms with van der Waals surface area (Å²) in [6, 6.07) is 13.0. The molecular weight excluding hydrogens is 609 g/mol. The zero-order chi connectivity index (χ0) is 31.8. The van der Waals surface area contributed by atoms with E-state index in [0.29, 0.717) is 45.5 Å². The number of carbonyl (C=O) groups is 1. The fraction of sp³-hybridized carbons (Fsp3) is 0.276. The Morgan fingerprint density at radius 3 is 2.38 bits per heavy atom. The minimum atomic E-state index is -4.76. The van der Waals surface area contributed by atoms with Crippen molar-refractivity contribution in [3.8, 4) is 5.75 Å². The lowest BCUT2D eigenvalue weighted by Gasteiger charge is -2.07. The number of nitrogens with one attached hydrogen (secondary N) is 2. The number of hydrogen-bond donors (Lipinski definition) is 3. The number of aryl methyl sites for hydroxylation is 3. The normalized spacial score (nSPS) is 11.4. The fourth-order valence-corrected chi connectivity index (χ4v) is 5.26. The lowest BCUT2D eigenvalue weighted by atomic mass is 10.2. The summed E-state index contributed by atoms with van der Waals surface area (Å²) in [4.78, 5) is 21.6. The minimum absolute atomic E-state index is 0.194. The number of carbonyl (C=O) groups excluding carboxylic acids is 1. The number of amides is 1. The van der Waals surface area contributed by atoms with Gasteiger partial charge in [0.2, 0.25) is 5.95 Å². The summed E-state index contributed by atoms with van der Waals surface area (Å²) < 4.78 is 47.5. The van der Waals surface area contributed by atoms with E-state index in [0.717, 1.165) is 31.4 Å². The molecule has 4 N–H and O–H groups in total. The monoisotopic (exact) mass is 640 g/mol. The van der Waals surface area contributed by atoms with E-state index in [9.17, 15) is 18.0 Å². The third-order valence-electron chi connectivity index (χ3n) is 6.51. The number of rotatable bonds is 11. The van der Waals surface area contributed by atoms with Gasteiger partial charge >= 0.3 is 6.36 Å². The van der Waals surface area contributed by atoms with Crippen molar-refractivity contribution in [2.24, 2.45) is 12.8 Å². The van der Waals surface area contributed by atoms with Crippen molar-refractivity contribution in [3.63, 3.8) is 0 Å². The van der Waals surface area contributed by atoms with E-state index in [4.69, 9.17) is 5.73 Å². The number of aromatic nitrogens is 7. The van der Waals surface area contributed by atoms with Crippen molar-refractivity contribution in [1.82, 2.24) is 39.4 Å². The summed E-state index contributed by atoms with van der Waals surface area (Å²) in [5, 5.41) is 14.6. The average Bonchev–Trinajstić information content (AvgIpc) is 3.82. The lowest BCUT2D eigenvalue weighted by molar-refractivity contribution is -0.274. The van der Waals surface area contributed by atoms with Gasteiger partial charge < -0.3 is 25.7 Å². The third kappa shape index (κ3) is 8.57. The predicted octanol–water partition coefficient (Wildman–Crippen LogP) is 5.07. The highest BCUT2D eigenvalue weighted by Crippen LogP contribution is 2.33. The number of fused-ring (bicyclic) bond motifs is 2. The molecule has 0 radical (unpaired) electrons. The molecule has 0 spiro atoms. The molecule has 4 heterocycles. The first-order valence-corrected chi connectivity index (χ1v) is 14.8. The van der Waals surface area contributed by atoms with Crippen LogP contribution in [-0.4, -0.2) is 59.5 Å². The Kier molecular flexibility index (Phi) is 9.94. The Hall–Kier alpha value is -4.96. The quantitative estimate of drug-likeness (QED) is 0.167. The lowest BCUT2D eigenvalue weighted by Crippen LogP contribution is -2.25. The molecule has 0 saturated carbocycles. The molecule has 0 aliphatic rings. The number of anilines is 2. The van der Waals surface area contributed by atoms with Gasteiger partial charge in [-0.25, -0.2) is 9.97 Å². The summed E-state index contributed by atoms with van der Waals surface area (Å²) in [6.07, 6.45) is 4.29. The molecule has 45 heavy (non-hydrogen) atoms. The number of nitrogens with zero attached hydrogens (tertiary/aromatic N) is 7. The van der Waals surface area contributed by atoms with E-state index in [1.807, 2.05) is 46.9 Å². The zero-order valence-corrected chi connectivity index (χ0v) is 25.1. The highest BCUT2D eigenvalue weighted by Gasteiger charge is 2.31. The number of thiazole rings is 1. The number of hydrogen-bond acceptors (Lipinski definition) is 9. The third-order valence-corrected chi connectivity index (χ3v) is 7.45. The maximum atomic E-state index is 12.6. The molecular formula is C29H31F3N10O2S. The van der Waals surface area contributed by atoms with Crippen LogP contribution in [0.5, 0.6) is 5.75 Å². The molecule has 2 aromatic carbocycles. The van der Waals surface area contributed by atoms with Crippen molar-refractivity contribution in [2.45, 2.75) is 32.3 Å². The number of benzene rings is 2. The van der Waals surface area contributed by atoms with Crippen molar-refractivity contribution in [1.29, 1.82) is 0 Å². The number of alkyl halides is 3. The Morgan fingerprint density at radius 2 is 1.71 bits per heavy atom. The largest absolute Gasteiger partial charge is 0.573 e. The number of ether oxygens (including phenoxy) is 1. The van der Waals surface area contributed by atoms with Crippen molar-refractivity contribution < 1.29 is 22.7 Å². The van der Waals surface area contributed by atoms with Crippen molar-refractivity contribution >= 4 is 49.6 Å². The molecule has 16 heteroatoms. The van der Waals surface area contributed by atoms with Crippen LogP contribution in [0.2, 0.25) is 0 Å². The summed E-state index contributed by atoms with van der Waals surface area (Å²) in [6.45, 7) is 2.90. The van der Waals surface area contributed by atoms with Crippen LogP contribution in [0.15, 0.2) is 73.3 Å². The van der Waals surface area contributed by atoms with Crippen LogP contribution in [0, 0.1) is 0 Å². The van der Waals surface area contributed by atoms with Gasteiger partial charge in [0.1, 0.15) is 5.75 Å². The van der Waals surface area contributed by atoms with Gasteiger partial charge in [-0.1, -0.05) is 11.3 Å². The number of halogens is 3. The zero-order valence-electron chi connectivity index (χ0n) is 24.2. The van der Waals surface area contributed by atoms with Crippen molar-refractivity contribution in [3.05, 3.63) is 78.9 Å². The highest BCUT2D eigenvalue weighted by molar-refractivity contribution is 7.22. The van der Waals surface area contributed by atoms with Crippen LogP contribution < -0.4 is 21.1 Å². The van der Waals surface area contributed by atoms with E-state index in [-0.39, 0.29) is 11.7 Å². The maximum absolute atomic E-state index is 12.6. The van der Waals surface area contributed by atoms with Crippen LogP contribution in [0.4, 0.5) is 24.3 Å². The molecule has 6 rings (SSSR count). The second-order valence-electron chi connectivity index (χ2n) is 9.81. The van der Waals surface area contributed by atoms with E-state index < -0.39 is 6.36 Å². The molecule has 236 valence electrons. The van der Waals surface area contributed by atoms with Gasteiger partial charge in [-0.15, -0.1) is 13.2 Å². The van der Waals surface area contributed by atoms with Crippen LogP contribution in [0.25, 0.3) is 21.3 Å². The molecule has 0 bridgehead atoms. The molecule has 0 aliphatic heterocycles. The Bertz CT molecular complexity index is 1830. The van der Waals surface area contributed by atoms with Crippen LogP contribution >= 0.6 is 11.3 Å². The smallest absolute Gasteiger partial charge is 0.406 e. The first-order chi connectivity index (χ1) is 21.7. The van der Waals surface area contributed by atoms with Crippen LogP contribution in [0.1, 0.15) is 23.2 Å². The Balaban J connectivity index is 0.000000383. The van der Waals surface area contributed by atoms with Gasteiger partial charge in [0, 0.05) is 63.1 Å². The standard InChI is InChI=1S/C23H20F3N7O2S.C6H11N3/c1-32-18-7-4-14(20(34)27-8-2-10-33-11-3-9-28-33)12-17(18)29-21(32)31-22-30-16-6-5-15(13-19(16)36-22)35-23(24,25)26;7-3-1-5-9-6-2-4-8-9/h3-7,9,11-13H,2,8,10H2,1H3,(H,27,34)(H,29,30,31);2,4,6H,1,3,5,7H2. The molecule has 0 fully saturated rings. The average molecular weight is 641 g/mol. The Labute approximate surface area is 259 Å². The summed E-state index contributed by atoms with van der Waals surface area (Å²) in [5.74, 6) is -0.0201. The number of imidazole rings is 1. The molecule has 12 nitrogen and oxygen atoms in total. The van der Waals surface area contributed by atoms with Gasteiger partial charge in [-0.3, -0.25) is 14.2 Å². The minimum Gasteiger partial charge on any atom is -0.406 e. The van der Waals surface area contributed by atoms with E-state index in [1.54, 1.807) is 29.2 Å². The highest BCUT2D eigenvalue weighted by atomic mass is 32.1. The van der Waals surface area contributed by atoms with Gasteiger partial charge in [-0.2, -0.15) is 10.2 Å². The second-order valence-corrected chi connectivity index (χ2v) is 10.8. The molecule has 0 unspecified atom stereocenters. The summed E-state index contributed by atoms with van der Waals surface area (Å²) in [5.41, 5.74) is 7.74. The molecule has 6 aromatic rings. The predicted molar refractivity (Wildman–Crippen MR) is 165 cm³/mol. The van der Waals surface area contributed by atoms with E-state index in [1.165, 1.54) is 29.5 Å². The topological polar surface area (TPSA) is 143 Å². The molecule has 4 aromatic heterocycles. The molecule has 1 amide bonds. The van der Waals surface area contributed by atoms with Crippen LogP contribution in [0.3, 0.4) is 0 Å². The first-order valence-electron chi connectivity index (χ1n) is 14.0. The fourth-order valence-electron chi connectivity index (χ4n) is 4.37. The Morgan fingerprint density at radius 1 is 0.978 bits per heavy atom. The van der Waals surface area contributed by atoms with Crippen LogP contribution in [-0.2, 0) is 20.1 Å². The molecule has 0 aliphatic carbocycles. The molecule has 0 saturated heterocycles. The number of nitrogens with two attached hydrogens (primary N) is 1. The van der Waals surface area contributed by atoms with Gasteiger partial charge in [0.15, 0.2) is 5.13 Å². The molecule has 0 atom stereocenters. The first kappa shape index (κ1) is 31.5. The van der Waals surface area contributed by atoms with Crippen molar-refractivity contribution in [2.75, 3.05) is 18.4 Å². The van der Waals surface area contributed by atoms with E-state index >= 15 is 0 Å². The van der Waals surface area contributed by atoms with Gasteiger partial charge in [0.25, 0.3) is 5.91 Å². The van der Waals surface area contributed by atoms with Gasteiger partial charge in [-0.05, 0) is 61.9 Å². The SMILES string of the molecule is Cn1c(Nc2nc3ccc(OC(F)(F)F)cc3s2)nc2cc(C(=O)NCCCn3cccn3)ccc21.NCCCn1cccn1. The summed E-state index contributed by atoms with van der Waals surface area (Å²) >= 11 is 1.18. The summed E-state index contributed by atoms with van der Waals surface area (Å²) in [7, 11) is 1.81. The maximum Gasteiger partial charge on any atom is 0.573 e. The van der Waals surface area contributed by atoms with Gasteiger partial charge in [0.05, 0.1) is 21.3 Å². The van der Waals surface area contributed by atoms with E-state index in [2.05, 4.69) is 35.5 Å². The second kappa shape index (κ2) is 14.2.